The number of unbranched alkanes of at least 4 members (excludes halogenated alkanes) is 1. The van der Waals surface area contributed by atoms with E-state index in [1.54, 1.807) is 0 Å². The van der Waals surface area contributed by atoms with Gasteiger partial charge < -0.3 is 10.1 Å². The van der Waals surface area contributed by atoms with Crippen molar-refractivity contribution in [3.8, 4) is 0 Å². The molecule has 1 heterocycles. The van der Waals surface area contributed by atoms with Crippen molar-refractivity contribution in [2.24, 2.45) is 0 Å². The number of carbonyl (C=O) groups is 2. The van der Waals surface area contributed by atoms with Gasteiger partial charge in [0.05, 0.1) is 6.61 Å². The molecule has 0 radical (unpaired) electrons. The molecule has 1 aromatic rings. The number of piperidine rings is 1. The molecule has 2 amide bonds. The molecule has 0 aliphatic carbocycles. The van der Waals surface area contributed by atoms with Gasteiger partial charge in [0.2, 0.25) is 0 Å². The zero-order valence-corrected chi connectivity index (χ0v) is 17.6. The molecule has 6 nitrogen and oxygen atoms in total. The van der Waals surface area contributed by atoms with E-state index in [0.29, 0.717) is 12.2 Å². The summed E-state index contributed by atoms with van der Waals surface area (Å²) >= 11 is 0. The van der Waals surface area contributed by atoms with Gasteiger partial charge in [-0.25, -0.2) is 9.80 Å². The van der Waals surface area contributed by atoms with Gasteiger partial charge in [0.15, 0.2) is 0 Å². The maximum atomic E-state index is 12.4. The van der Waals surface area contributed by atoms with Crippen molar-refractivity contribution in [3.05, 3.63) is 35.4 Å². The Kier molecular flexibility index (Phi) is 8.77. The molecule has 28 heavy (non-hydrogen) atoms. The summed E-state index contributed by atoms with van der Waals surface area (Å²) in [6.07, 6.45) is 6.63. The number of hydrogen-bond donors (Lipinski definition) is 2. The number of nitrogens with zero attached hydrogens (tertiary/aromatic N) is 1. The molecule has 1 aliphatic heterocycles. The minimum atomic E-state index is -0.358. The Balaban J connectivity index is 1.77. The van der Waals surface area contributed by atoms with Gasteiger partial charge in [-0.2, -0.15) is 0 Å². The van der Waals surface area contributed by atoms with Crippen LogP contribution in [0.15, 0.2) is 24.3 Å². The average Bonchev–Trinajstić information content (AvgIpc) is 2.67. The molecule has 0 aromatic heterocycles. The van der Waals surface area contributed by atoms with Crippen LogP contribution in [-0.2, 0) is 11.2 Å². The van der Waals surface area contributed by atoms with Crippen molar-refractivity contribution in [1.82, 2.24) is 15.8 Å². The predicted octanol–water partition coefficient (Wildman–Crippen LogP) is 4.05. The molecule has 0 atom stereocenters. The maximum Gasteiger partial charge on any atom is 0.407 e. The van der Waals surface area contributed by atoms with Crippen molar-refractivity contribution >= 4 is 12.0 Å². The lowest BCUT2D eigenvalue weighted by Crippen LogP contribution is -2.45. The van der Waals surface area contributed by atoms with Crippen molar-refractivity contribution < 1.29 is 14.3 Å². The Morgan fingerprint density at radius 1 is 1.11 bits per heavy atom. The highest BCUT2D eigenvalue weighted by Gasteiger charge is 2.21. The van der Waals surface area contributed by atoms with Crippen LogP contribution < -0.4 is 10.7 Å². The second kappa shape index (κ2) is 11.1. The van der Waals surface area contributed by atoms with Gasteiger partial charge in [-0.1, -0.05) is 31.9 Å². The first-order chi connectivity index (χ1) is 13.4. The smallest absolute Gasteiger partial charge is 0.407 e. The van der Waals surface area contributed by atoms with Crippen LogP contribution in [0.25, 0.3) is 0 Å². The van der Waals surface area contributed by atoms with E-state index >= 15 is 0 Å². The first-order valence-electron chi connectivity index (χ1n) is 10.5. The summed E-state index contributed by atoms with van der Waals surface area (Å²) in [5.41, 5.74) is 4.45. The minimum Gasteiger partial charge on any atom is -0.450 e. The Morgan fingerprint density at radius 3 is 2.43 bits per heavy atom. The minimum absolute atomic E-state index is 0.0507. The Morgan fingerprint density at radius 2 is 1.79 bits per heavy atom. The number of rotatable bonds is 9. The number of benzene rings is 1. The molecular weight excluding hydrogens is 354 g/mol. The second-order valence-corrected chi connectivity index (χ2v) is 8.18. The van der Waals surface area contributed by atoms with Crippen LogP contribution in [0.2, 0.25) is 0 Å². The number of ether oxygens (including phenoxy) is 1. The third-order valence-electron chi connectivity index (χ3n) is 5.04. The number of carbonyl (C=O) groups excluding carboxylic acids is 2. The van der Waals surface area contributed by atoms with Crippen LogP contribution in [-0.4, -0.2) is 42.2 Å². The summed E-state index contributed by atoms with van der Waals surface area (Å²) in [6, 6.07) is 7.71. The molecule has 6 heteroatoms. The van der Waals surface area contributed by atoms with Gasteiger partial charge in [-0.15, -0.1) is 0 Å². The third kappa shape index (κ3) is 7.89. The normalized spacial score (nSPS) is 15.1. The quantitative estimate of drug-likeness (QED) is 0.625. The summed E-state index contributed by atoms with van der Waals surface area (Å²) in [4.78, 5) is 24.2. The molecule has 156 valence electrons. The van der Waals surface area contributed by atoms with E-state index in [4.69, 9.17) is 4.74 Å². The predicted molar refractivity (Wildman–Crippen MR) is 111 cm³/mol. The molecular formula is C22H35N3O3. The average molecular weight is 390 g/mol. The van der Waals surface area contributed by atoms with E-state index in [-0.39, 0.29) is 17.5 Å². The number of aryl methyl sites for hydroxylation is 1. The summed E-state index contributed by atoms with van der Waals surface area (Å²) < 4.78 is 5.18. The van der Waals surface area contributed by atoms with Crippen molar-refractivity contribution in [2.75, 3.05) is 19.7 Å². The number of alkyl carbamates (subject to hydrolysis) is 1. The molecule has 0 unspecified atom stereocenters. The lowest BCUT2D eigenvalue weighted by molar-refractivity contribution is 0.0750. The molecule has 0 spiro atoms. The van der Waals surface area contributed by atoms with Gasteiger partial charge in [0.25, 0.3) is 5.91 Å². The zero-order valence-electron chi connectivity index (χ0n) is 17.6. The number of hydrogen-bond acceptors (Lipinski definition) is 4. The molecule has 1 aliphatic rings. The van der Waals surface area contributed by atoms with E-state index in [9.17, 15) is 9.59 Å². The van der Waals surface area contributed by atoms with E-state index in [1.807, 2.05) is 43.1 Å². The summed E-state index contributed by atoms with van der Waals surface area (Å²) in [7, 11) is 0. The molecule has 0 saturated carbocycles. The first kappa shape index (κ1) is 22.2. The monoisotopic (exact) mass is 389 g/mol. The maximum absolute atomic E-state index is 12.4. The fraction of sp³-hybridized carbons (Fsp3) is 0.636. The molecule has 2 N–H and O–H groups in total. The highest BCUT2D eigenvalue weighted by Crippen LogP contribution is 2.15. The first-order valence-corrected chi connectivity index (χ1v) is 10.5. The van der Waals surface area contributed by atoms with Crippen LogP contribution in [0.5, 0.6) is 0 Å². The van der Waals surface area contributed by atoms with Crippen LogP contribution in [0.4, 0.5) is 4.79 Å². The summed E-state index contributed by atoms with van der Waals surface area (Å²) in [5.74, 6) is -0.0507. The number of amides is 2. The Hall–Kier alpha value is -2.08. The van der Waals surface area contributed by atoms with Crippen LogP contribution >= 0.6 is 0 Å². The Labute approximate surface area is 169 Å². The largest absolute Gasteiger partial charge is 0.450 e. The topological polar surface area (TPSA) is 70.7 Å². The fourth-order valence-corrected chi connectivity index (χ4v) is 3.18. The van der Waals surface area contributed by atoms with Crippen molar-refractivity contribution in [2.45, 2.75) is 71.3 Å². The highest BCUT2D eigenvalue weighted by molar-refractivity contribution is 5.93. The van der Waals surface area contributed by atoms with Crippen LogP contribution in [0, 0.1) is 0 Å². The highest BCUT2D eigenvalue weighted by atomic mass is 16.5. The SMILES string of the molecule is CCCCOC(=O)NC(C)(C)CCc1ccc(C(=O)NN2CCCCC2)cc1. The van der Waals surface area contributed by atoms with Gasteiger partial charge in [0, 0.05) is 24.2 Å². The molecule has 0 bridgehead atoms. The molecule has 1 aromatic carbocycles. The standard InChI is InChI=1S/C22H35N3O3/c1-4-5-17-28-21(27)23-22(2,3)14-13-18-9-11-19(12-10-18)20(26)24-25-15-7-6-8-16-25/h9-12H,4-8,13-17H2,1-3H3,(H,23,27)(H,24,26). The van der Waals surface area contributed by atoms with E-state index in [2.05, 4.69) is 17.7 Å². The third-order valence-corrected chi connectivity index (χ3v) is 5.04. The zero-order chi connectivity index (χ0) is 20.4. The van der Waals surface area contributed by atoms with Crippen molar-refractivity contribution in [3.63, 3.8) is 0 Å². The Bertz CT molecular complexity index is 622. The van der Waals surface area contributed by atoms with Gasteiger partial charge in [0.1, 0.15) is 0 Å². The van der Waals surface area contributed by atoms with E-state index in [1.165, 1.54) is 6.42 Å². The fourth-order valence-electron chi connectivity index (χ4n) is 3.18. The van der Waals surface area contributed by atoms with Crippen LogP contribution in [0.3, 0.4) is 0 Å². The van der Waals surface area contributed by atoms with Crippen LogP contribution in [0.1, 0.15) is 75.2 Å². The van der Waals surface area contributed by atoms with Gasteiger partial charge >= 0.3 is 6.09 Å². The van der Waals surface area contributed by atoms with Gasteiger partial charge in [-0.05, 0) is 63.6 Å². The second-order valence-electron chi connectivity index (χ2n) is 8.18. The van der Waals surface area contributed by atoms with E-state index in [0.717, 1.165) is 57.2 Å². The lowest BCUT2D eigenvalue weighted by atomic mass is 9.95. The summed E-state index contributed by atoms with van der Waals surface area (Å²) in [5, 5.41) is 4.94. The molecule has 1 saturated heterocycles. The lowest BCUT2D eigenvalue weighted by Gasteiger charge is -2.27. The number of nitrogens with one attached hydrogen (secondary N) is 2. The van der Waals surface area contributed by atoms with Crippen molar-refractivity contribution in [1.29, 1.82) is 0 Å². The molecule has 2 rings (SSSR count). The summed E-state index contributed by atoms with van der Waals surface area (Å²) in [6.45, 7) is 8.36. The molecule has 1 fully saturated rings. The van der Waals surface area contributed by atoms with E-state index < -0.39 is 0 Å². The number of hydrazine groups is 1. The van der Waals surface area contributed by atoms with Gasteiger partial charge in [-0.3, -0.25) is 10.2 Å².